The Balaban J connectivity index is 1.55. The number of primary amides is 1. The summed E-state index contributed by atoms with van der Waals surface area (Å²) < 4.78 is 43.2. The zero-order valence-corrected chi connectivity index (χ0v) is 15.6. The van der Waals surface area contributed by atoms with E-state index in [1.165, 1.54) is 12.1 Å². The molecule has 2 aromatic rings. The summed E-state index contributed by atoms with van der Waals surface area (Å²) in [6.07, 6.45) is 0. The van der Waals surface area contributed by atoms with E-state index in [1.54, 1.807) is 30.3 Å². The maximum atomic E-state index is 12.3. The molecule has 1 aliphatic heterocycles. The second-order valence-corrected chi connectivity index (χ2v) is 7.40. The largest absolute Gasteiger partial charge is 0.486 e. The van der Waals surface area contributed by atoms with Crippen molar-refractivity contribution in [3.05, 3.63) is 48.0 Å². The van der Waals surface area contributed by atoms with Gasteiger partial charge >= 0.3 is 0 Å². The summed E-state index contributed by atoms with van der Waals surface area (Å²) in [5, 5.41) is 0. The van der Waals surface area contributed by atoms with Crippen molar-refractivity contribution in [3.8, 4) is 29.1 Å². The number of amides is 1. The zero-order valence-electron chi connectivity index (χ0n) is 14.8. The highest BCUT2D eigenvalue weighted by Gasteiger charge is 2.18. The van der Waals surface area contributed by atoms with Crippen molar-refractivity contribution in [1.29, 1.82) is 0 Å². The van der Waals surface area contributed by atoms with E-state index < -0.39 is 15.9 Å². The first-order chi connectivity index (χ1) is 13.5. The van der Waals surface area contributed by atoms with E-state index in [0.29, 0.717) is 30.5 Å². The Morgan fingerprint density at radius 2 is 1.86 bits per heavy atom. The van der Waals surface area contributed by atoms with E-state index in [-0.39, 0.29) is 23.6 Å². The van der Waals surface area contributed by atoms with Crippen LogP contribution < -0.4 is 24.7 Å². The molecule has 1 aliphatic rings. The number of benzene rings is 2. The van der Waals surface area contributed by atoms with Crippen LogP contribution in [0.15, 0.2) is 47.4 Å². The average molecular weight is 402 g/mol. The molecule has 0 saturated heterocycles. The lowest BCUT2D eigenvalue weighted by molar-refractivity contribution is 0.0997. The third-order valence-corrected chi connectivity index (χ3v) is 5.15. The summed E-state index contributed by atoms with van der Waals surface area (Å²) in [5.74, 6) is 5.96. The predicted octanol–water partition coefficient (Wildman–Crippen LogP) is 0.917. The van der Waals surface area contributed by atoms with Crippen molar-refractivity contribution in [2.24, 2.45) is 5.73 Å². The van der Waals surface area contributed by atoms with Crippen LogP contribution in [0.1, 0.15) is 10.4 Å². The number of hydrogen-bond donors (Lipinski definition) is 2. The van der Waals surface area contributed by atoms with E-state index >= 15 is 0 Å². The quantitative estimate of drug-likeness (QED) is 0.694. The molecule has 1 heterocycles. The predicted molar refractivity (Wildman–Crippen MR) is 101 cm³/mol. The topological polar surface area (TPSA) is 117 Å². The molecule has 3 rings (SSSR count). The number of para-hydroxylation sites is 1. The minimum absolute atomic E-state index is 0.0178. The molecule has 2 aromatic carbocycles. The molecule has 1 amide bonds. The van der Waals surface area contributed by atoms with Crippen LogP contribution in [0.2, 0.25) is 0 Å². The fraction of sp³-hybridized carbons (Fsp3) is 0.211. The van der Waals surface area contributed by atoms with Crippen molar-refractivity contribution in [1.82, 2.24) is 4.72 Å². The smallest absolute Gasteiger partial charge is 0.252 e. The molecule has 0 unspecified atom stereocenters. The molecule has 0 radical (unpaired) electrons. The van der Waals surface area contributed by atoms with Gasteiger partial charge in [0.15, 0.2) is 11.5 Å². The number of fused-ring (bicyclic) bond motifs is 1. The highest BCUT2D eigenvalue weighted by Crippen LogP contribution is 2.32. The van der Waals surface area contributed by atoms with Gasteiger partial charge in [0.2, 0.25) is 10.0 Å². The van der Waals surface area contributed by atoms with Gasteiger partial charge in [-0.25, -0.2) is 8.42 Å². The van der Waals surface area contributed by atoms with Gasteiger partial charge in [-0.15, -0.1) is 0 Å². The molecule has 0 saturated carbocycles. The summed E-state index contributed by atoms with van der Waals surface area (Å²) in [4.78, 5) is 11.4. The van der Waals surface area contributed by atoms with Gasteiger partial charge in [0.1, 0.15) is 25.6 Å². The zero-order chi connectivity index (χ0) is 20.0. The Kier molecular flexibility index (Phi) is 6.03. The number of nitrogens with one attached hydrogen (secondary N) is 1. The van der Waals surface area contributed by atoms with Crippen molar-refractivity contribution in [3.63, 3.8) is 0 Å². The average Bonchev–Trinajstić information content (AvgIpc) is 2.70. The van der Waals surface area contributed by atoms with Crippen LogP contribution in [0.25, 0.3) is 0 Å². The van der Waals surface area contributed by atoms with Gasteiger partial charge in [0.25, 0.3) is 5.91 Å². The Morgan fingerprint density at radius 1 is 1.11 bits per heavy atom. The second kappa shape index (κ2) is 8.65. The van der Waals surface area contributed by atoms with Gasteiger partial charge in [-0.05, 0) is 24.3 Å². The molecule has 3 N–H and O–H groups in total. The van der Waals surface area contributed by atoms with Crippen LogP contribution in [0.3, 0.4) is 0 Å². The fourth-order valence-electron chi connectivity index (χ4n) is 2.43. The molecular formula is C19H18N2O6S. The van der Waals surface area contributed by atoms with Gasteiger partial charge in [-0.1, -0.05) is 24.0 Å². The molecule has 9 heteroatoms. The Bertz CT molecular complexity index is 1040. The Hall–Kier alpha value is -3.22. The minimum Gasteiger partial charge on any atom is -0.486 e. The first-order valence-corrected chi connectivity index (χ1v) is 9.82. The van der Waals surface area contributed by atoms with Crippen LogP contribution in [-0.4, -0.2) is 40.7 Å². The first-order valence-electron chi connectivity index (χ1n) is 8.34. The lowest BCUT2D eigenvalue weighted by atomic mass is 10.2. The molecular weight excluding hydrogens is 384 g/mol. The van der Waals surface area contributed by atoms with Gasteiger partial charge in [0, 0.05) is 6.07 Å². The van der Waals surface area contributed by atoms with E-state index in [1.807, 2.05) is 0 Å². The van der Waals surface area contributed by atoms with Crippen molar-refractivity contribution < 1.29 is 27.4 Å². The van der Waals surface area contributed by atoms with Gasteiger partial charge in [-0.3, -0.25) is 4.79 Å². The van der Waals surface area contributed by atoms with Crippen molar-refractivity contribution in [2.45, 2.75) is 4.90 Å². The molecule has 28 heavy (non-hydrogen) atoms. The van der Waals surface area contributed by atoms with Crippen molar-refractivity contribution in [2.75, 3.05) is 26.4 Å². The van der Waals surface area contributed by atoms with Gasteiger partial charge in [0.05, 0.1) is 17.0 Å². The van der Waals surface area contributed by atoms with Crippen LogP contribution in [-0.2, 0) is 10.0 Å². The molecule has 146 valence electrons. The van der Waals surface area contributed by atoms with Crippen molar-refractivity contribution >= 4 is 15.9 Å². The Morgan fingerprint density at radius 3 is 2.64 bits per heavy atom. The molecule has 0 atom stereocenters. The monoisotopic (exact) mass is 402 g/mol. The second-order valence-electron chi connectivity index (χ2n) is 5.63. The SMILES string of the molecule is NC(=O)c1ccccc1OCC#CCNS(=O)(=O)c1ccc2c(c1)OCCO2. The highest BCUT2D eigenvalue weighted by molar-refractivity contribution is 7.89. The van der Waals surface area contributed by atoms with Crippen LogP contribution in [0.5, 0.6) is 17.2 Å². The maximum Gasteiger partial charge on any atom is 0.252 e. The number of ether oxygens (including phenoxy) is 3. The summed E-state index contributed by atoms with van der Waals surface area (Å²) in [7, 11) is -3.74. The molecule has 8 nitrogen and oxygen atoms in total. The third-order valence-electron chi connectivity index (χ3n) is 3.75. The normalized spacial score (nSPS) is 12.6. The lowest BCUT2D eigenvalue weighted by Crippen LogP contribution is -2.24. The van der Waals surface area contributed by atoms with Gasteiger partial charge < -0.3 is 19.9 Å². The van der Waals surface area contributed by atoms with Crippen LogP contribution in [0.4, 0.5) is 0 Å². The standard InChI is InChI=1S/C19H18N2O6S/c20-19(22)15-5-1-2-6-16(15)25-10-4-3-9-21-28(23,24)14-7-8-17-18(13-14)27-12-11-26-17/h1-2,5-8,13,21H,9-12H2,(H2,20,22). The number of carbonyl (C=O) groups is 1. The van der Waals surface area contributed by atoms with Crippen LogP contribution >= 0.6 is 0 Å². The molecule has 0 spiro atoms. The van der Waals surface area contributed by atoms with E-state index in [0.717, 1.165) is 0 Å². The number of rotatable bonds is 6. The summed E-state index contributed by atoms with van der Waals surface area (Å²) in [6, 6.07) is 10.9. The molecule has 0 aromatic heterocycles. The van der Waals surface area contributed by atoms with Crippen LogP contribution in [0, 0.1) is 11.8 Å². The van der Waals surface area contributed by atoms with Gasteiger partial charge in [-0.2, -0.15) is 4.72 Å². The molecule has 0 bridgehead atoms. The fourth-order valence-corrected chi connectivity index (χ4v) is 3.37. The van der Waals surface area contributed by atoms with E-state index in [4.69, 9.17) is 19.9 Å². The summed E-state index contributed by atoms with van der Waals surface area (Å²) in [5.41, 5.74) is 5.52. The summed E-state index contributed by atoms with van der Waals surface area (Å²) in [6.45, 7) is 0.681. The number of hydrogen-bond acceptors (Lipinski definition) is 6. The van der Waals surface area contributed by atoms with E-state index in [9.17, 15) is 13.2 Å². The third kappa shape index (κ3) is 4.73. The molecule has 0 aliphatic carbocycles. The number of carbonyl (C=O) groups excluding carboxylic acids is 1. The summed E-state index contributed by atoms with van der Waals surface area (Å²) >= 11 is 0. The number of nitrogens with two attached hydrogens (primary N) is 1. The maximum absolute atomic E-state index is 12.3. The molecule has 0 fully saturated rings. The van der Waals surface area contributed by atoms with E-state index in [2.05, 4.69) is 16.6 Å². The first kappa shape index (κ1) is 19.5. The lowest BCUT2D eigenvalue weighted by Gasteiger charge is -2.18. The highest BCUT2D eigenvalue weighted by atomic mass is 32.2. The minimum atomic E-state index is -3.74. The number of sulfonamides is 1. The Labute approximate surface area is 162 Å².